The zero-order valence-electron chi connectivity index (χ0n) is 11.5. The van der Waals surface area contributed by atoms with Crippen LogP contribution in [0.25, 0.3) is 6.08 Å². The monoisotopic (exact) mass is 293 g/mol. The number of aliphatic carboxylic acids is 1. The van der Waals surface area contributed by atoms with Crippen molar-refractivity contribution in [2.45, 2.75) is 18.9 Å². The van der Waals surface area contributed by atoms with E-state index in [1.165, 1.54) is 23.1 Å². The van der Waals surface area contributed by atoms with Gasteiger partial charge in [0.1, 0.15) is 5.82 Å². The van der Waals surface area contributed by atoms with Gasteiger partial charge in [-0.05, 0) is 37.1 Å². The van der Waals surface area contributed by atoms with Crippen molar-refractivity contribution in [3.8, 4) is 0 Å². The fourth-order valence-electron chi connectivity index (χ4n) is 2.26. The summed E-state index contributed by atoms with van der Waals surface area (Å²) >= 11 is 0. The van der Waals surface area contributed by atoms with E-state index >= 15 is 0 Å². The standard InChI is InChI=1S/C15H16FNO4/c1-15(21)6-7-17(9-15)14(20)11-4-2-10(8-12(11)16)3-5-13(18)19/h2-5,8,21H,6-7,9H2,1H3,(H,18,19)/b5-3+. The molecule has 5 nitrogen and oxygen atoms in total. The number of aliphatic hydroxyl groups is 1. The van der Waals surface area contributed by atoms with Crippen LogP contribution in [0.15, 0.2) is 24.3 Å². The first kappa shape index (κ1) is 15.2. The summed E-state index contributed by atoms with van der Waals surface area (Å²) in [5.41, 5.74) is -0.656. The minimum Gasteiger partial charge on any atom is -0.478 e. The average Bonchev–Trinajstić information content (AvgIpc) is 2.76. The smallest absolute Gasteiger partial charge is 0.328 e. The van der Waals surface area contributed by atoms with E-state index < -0.39 is 23.3 Å². The van der Waals surface area contributed by atoms with Gasteiger partial charge in [-0.1, -0.05) is 6.07 Å². The van der Waals surface area contributed by atoms with E-state index in [2.05, 4.69) is 0 Å². The van der Waals surface area contributed by atoms with E-state index in [1.54, 1.807) is 6.92 Å². The van der Waals surface area contributed by atoms with Crippen LogP contribution in [0.2, 0.25) is 0 Å². The molecular formula is C15H16FNO4. The molecule has 1 amide bonds. The summed E-state index contributed by atoms with van der Waals surface area (Å²) in [6, 6.07) is 3.91. The summed E-state index contributed by atoms with van der Waals surface area (Å²) in [5, 5.41) is 18.4. The van der Waals surface area contributed by atoms with Crippen molar-refractivity contribution in [3.05, 3.63) is 41.2 Å². The minimum absolute atomic E-state index is 0.0832. The van der Waals surface area contributed by atoms with Crippen molar-refractivity contribution in [2.24, 2.45) is 0 Å². The van der Waals surface area contributed by atoms with Gasteiger partial charge in [0, 0.05) is 19.2 Å². The number of rotatable bonds is 3. The van der Waals surface area contributed by atoms with Crippen LogP contribution >= 0.6 is 0 Å². The topological polar surface area (TPSA) is 77.8 Å². The van der Waals surface area contributed by atoms with Crippen LogP contribution < -0.4 is 0 Å². The molecule has 112 valence electrons. The fourth-order valence-corrected chi connectivity index (χ4v) is 2.26. The van der Waals surface area contributed by atoms with Gasteiger partial charge in [0.25, 0.3) is 5.91 Å². The van der Waals surface area contributed by atoms with E-state index in [4.69, 9.17) is 5.11 Å². The zero-order chi connectivity index (χ0) is 15.6. The number of carboxylic acids is 1. The maximum Gasteiger partial charge on any atom is 0.328 e. The second-order valence-corrected chi connectivity index (χ2v) is 5.38. The third-order valence-corrected chi connectivity index (χ3v) is 3.38. The van der Waals surface area contributed by atoms with E-state index in [1.807, 2.05) is 0 Å². The van der Waals surface area contributed by atoms with Crippen LogP contribution in [-0.4, -0.2) is 45.7 Å². The molecule has 1 atom stereocenters. The van der Waals surface area contributed by atoms with Crippen molar-refractivity contribution in [2.75, 3.05) is 13.1 Å². The van der Waals surface area contributed by atoms with Crippen molar-refractivity contribution >= 4 is 18.0 Å². The van der Waals surface area contributed by atoms with Gasteiger partial charge in [-0.3, -0.25) is 4.79 Å². The first-order chi connectivity index (χ1) is 9.78. The number of carbonyl (C=O) groups is 2. The van der Waals surface area contributed by atoms with Crippen LogP contribution in [-0.2, 0) is 4.79 Å². The summed E-state index contributed by atoms with van der Waals surface area (Å²) in [7, 11) is 0. The summed E-state index contributed by atoms with van der Waals surface area (Å²) in [4.78, 5) is 24.0. The van der Waals surface area contributed by atoms with Gasteiger partial charge in [-0.2, -0.15) is 0 Å². The molecule has 1 aromatic rings. The van der Waals surface area contributed by atoms with Gasteiger partial charge in [0.2, 0.25) is 0 Å². The molecule has 1 aliphatic heterocycles. The Balaban J connectivity index is 2.17. The Morgan fingerprint density at radius 1 is 1.43 bits per heavy atom. The quantitative estimate of drug-likeness (QED) is 0.828. The van der Waals surface area contributed by atoms with Crippen LogP contribution in [0.4, 0.5) is 4.39 Å². The molecule has 2 N–H and O–H groups in total. The third kappa shape index (κ3) is 3.66. The molecule has 0 saturated carbocycles. The summed E-state index contributed by atoms with van der Waals surface area (Å²) in [6.07, 6.45) is 2.61. The highest BCUT2D eigenvalue weighted by Gasteiger charge is 2.34. The number of carboxylic acid groups (broad SMARTS) is 1. The number of halogens is 1. The molecule has 0 aliphatic carbocycles. The van der Waals surface area contributed by atoms with Gasteiger partial charge in [0.05, 0.1) is 11.2 Å². The minimum atomic E-state index is -1.13. The molecule has 21 heavy (non-hydrogen) atoms. The normalized spacial score (nSPS) is 22.0. The Kier molecular flexibility index (Phi) is 4.09. The van der Waals surface area contributed by atoms with Gasteiger partial charge in [0.15, 0.2) is 0 Å². The number of carbonyl (C=O) groups excluding carboxylic acids is 1. The number of hydrogen-bond acceptors (Lipinski definition) is 3. The molecule has 1 aliphatic rings. The summed E-state index contributed by atoms with van der Waals surface area (Å²) in [6.45, 7) is 2.19. The lowest BCUT2D eigenvalue weighted by Gasteiger charge is -2.19. The molecule has 0 aromatic heterocycles. The highest BCUT2D eigenvalue weighted by Crippen LogP contribution is 2.23. The van der Waals surface area contributed by atoms with Gasteiger partial charge < -0.3 is 15.1 Å². The number of nitrogens with zero attached hydrogens (tertiary/aromatic N) is 1. The molecule has 2 rings (SSSR count). The molecule has 0 bridgehead atoms. The van der Waals surface area contributed by atoms with E-state index in [0.717, 1.165) is 12.1 Å². The number of hydrogen-bond donors (Lipinski definition) is 2. The van der Waals surface area contributed by atoms with E-state index in [-0.39, 0.29) is 12.1 Å². The zero-order valence-corrected chi connectivity index (χ0v) is 11.5. The van der Waals surface area contributed by atoms with Crippen LogP contribution in [0.5, 0.6) is 0 Å². The van der Waals surface area contributed by atoms with E-state index in [9.17, 15) is 19.1 Å². The Labute approximate surface area is 121 Å². The first-order valence-electron chi connectivity index (χ1n) is 6.51. The average molecular weight is 293 g/mol. The van der Waals surface area contributed by atoms with Gasteiger partial charge in [-0.25, -0.2) is 9.18 Å². The Hall–Kier alpha value is -2.21. The third-order valence-electron chi connectivity index (χ3n) is 3.38. The molecule has 0 radical (unpaired) electrons. The molecule has 1 unspecified atom stereocenters. The van der Waals surface area contributed by atoms with E-state index in [0.29, 0.717) is 18.5 Å². The second-order valence-electron chi connectivity index (χ2n) is 5.38. The predicted octanol–water partition coefficient (Wildman–Crippen LogP) is 1.52. The molecule has 1 saturated heterocycles. The van der Waals surface area contributed by atoms with Gasteiger partial charge >= 0.3 is 5.97 Å². The van der Waals surface area contributed by atoms with Crippen molar-refractivity contribution in [1.29, 1.82) is 0 Å². The summed E-state index contributed by atoms with van der Waals surface area (Å²) in [5.74, 6) is -2.31. The predicted molar refractivity (Wildman–Crippen MR) is 74.2 cm³/mol. The first-order valence-corrected chi connectivity index (χ1v) is 6.51. The molecule has 0 spiro atoms. The number of likely N-dealkylation sites (tertiary alicyclic amines) is 1. The highest BCUT2D eigenvalue weighted by molar-refractivity contribution is 5.95. The second kappa shape index (κ2) is 5.65. The number of amides is 1. The molecule has 6 heteroatoms. The molecule has 1 aromatic carbocycles. The lowest BCUT2D eigenvalue weighted by atomic mass is 10.1. The van der Waals surface area contributed by atoms with Crippen LogP contribution in [0, 0.1) is 5.82 Å². The summed E-state index contributed by atoms with van der Waals surface area (Å²) < 4.78 is 14.0. The molecular weight excluding hydrogens is 277 g/mol. The fraction of sp³-hybridized carbons (Fsp3) is 0.333. The maximum atomic E-state index is 14.0. The maximum absolute atomic E-state index is 14.0. The van der Waals surface area contributed by atoms with Crippen LogP contribution in [0.3, 0.4) is 0 Å². The highest BCUT2D eigenvalue weighted by atomic mass is 19.1. The Morgan fingerprint density at radius 3 is 2.67 bits per heavy atom. The number of β-amino-alcohol motifs (C(OH)–C–C–N with tert-alkyl or cyclic N) is 1. The van der Waals surface area contributed by atoms with Crippen LogP contribution in [0.1, 0.15) is 29.3 Å². The SMILES string of the molecule is CC1(O)CCN(C(=O)c2ccc(/C=C/C(=O)O)cc2F)C1. The van der Waals surface area contributed by atoms with Crippen molar-refractivity contribution in [1.82, 2.24) is 4.90 Å². The van der Waals surface area contributed by atoms with Crippen molar-refractivity contribution < 1.29 is 24.2 Å². The number of benzene rings is 1. The van der Waals surface area contributed by atoms with Gasteiger partial charge in [-0.15, -0.1) is 0 Å². The lowest BCUT2D eigenvalue weighted by Crippen LogP contribution is -2.34. The lowest BCUT2D eigenvalue weighted by molar-refractivity contribution is -0.131. The molecule has 1 fully saturated rings. The Morgan fingerprint density at radius 2 is 2.14 bits per heavy atom. The largest absolute Gasteiger partial charge is 0.478 e. The Bertz CT molecular complexity index is 610. The van der Waals surface area contributed by atoms with Crippen molar-refractivity contribution in [3.63, 3.8) is 0 Å². The molecule has 1 heterocycles.